The van der Waals surface area contributed by atoms with Crippen LogP contribution < -0.4 is 4.74 Å². The summed E-state index contributed by atoms with van der Waals surface area (Å²) in [6.45, 7) is 5.34. The fourth-order valence-electron chi connectivity index (χ4n) is 3.41. The summed E-state index contributed by atoms with van der Waals surface area (Å²) in [5.74, 6) is 0.618. The van der Waals surface area contributed by atoms with Gasteiger partial charge in [0.05, 0.1) is 13.7 Å². The van der Waals surface area contributed by atoms with Gasteiger partial charge in [-0.3, -0.25) is 0 Å². The topological polar surface area (TPSA) is 31.0 Å². The Morgan fingerprint density at radius 2 is 1.90 bits per heavy atom. The van der Waals surface area contributed by atoms with Crippen LogP contribution in [0, 0.1) is 5.41 Å². The van der Waals surface area contributed by atoms with Crippen LogP contribution >= 0.6 is 0 Å². The zero-order valence-corrected chi connectivity index (χ0v) is 12.6. The predicted octanol–water partition coefficient (Wildman–Crippen LogP) is 3.56. The fraction of sp³-hybridized carbons (Fsp3) is 0.647. The van der Waals surface area contributed by atoms with Crippen molar-refractivity contribution in [1.29, 1.82) is 0 Å². The van der Waals surface area contributed by atoms with Crippen LogP contribution in [0.3, 0.4) is 0 Å². The molecule has 3 nitrogen and oxygen atoms in total. The van der Waals surface area contributed by atoms with Gasteiger partial charge in [-0.05, 0) is 37.0 Å². The number of hydrogen-bond donors (Lipinski definition) is 0. The SMILES string of the molecule is CCC1(CC)CO[C@@]2(CCc3ccc(OC)cc3)O[C@@H]12. The fourth-order valence-corrected chi connectivity index (χ4v) is 3.41. The monoisotopic (exact) mass is 276 g/mol. The number of methoxy groups -OCH3 is 1. The second kappa shape index (κ2) is 5.05. The van der Waals surface area contributed by atoms with Crippen molar-refractivity contribution >= 4 is 0 Å². The minimum Gasteiger partial charge on any atom is -0.497 e. The average molecular weight is 276 g/mol. The number of hydrogen-bond acceptors (Lipinski definition) is 3. The van der Waals surface area contributed by atoms with E-state index in [2.05, 4.69) is 26.0 Å². The van der Waals surface area contributed by atoms with E-state index in [4.69, 9.17) is 14.2 Å². The highest BCUT2D eigenvalue weighted by Crippen LogP contribution is 2.59. The van der Waals surface area contributed by atoms with Gasteiger partial charge in [-0.2, -0.15) is 0 Å². The molecule has 0 saturated carbocycles. The molecule has 0 unspecified atom stereocenters. The van der Waals surface area contributed by atoms with Crippen LogP contribution in [-0.2, 0) is 15.9 Å². The molecule has 2 heterocycles. The second-order valence-corrected chi connectivity index (χ2v) is 6.02. The predicted molar refractivity (Wildman–Crippen MR) is 77.9 cm³/mol. The van der Waals surface area contributed by atoms with Gasteiger partial charge in [0.15, 0.2) is 5.79 Å². The Bertz CT molecular complexity index is 464. The molecule has 2 fully saturated rings. The third-order valence-electron chi connectivity index (χ3n) is 5.15. The number of ether oxygens (including phenoxy) is 3. The van der Waals surface area contributed by atoms with Crippen molar-refractivity contribution in [3.8, 4) is 5.75 Å². The molecule has 0 spiro atoms. The molecule has 3 rings (SSSR count). The number of benzene rings is 1. The molecular formula is C17H24O3. The molecule has 1 aromatic carbocycles. The van der Waals surface area contributed by atoms with Crippen molar-refractivity contribution in [2.24, 2.45) is 5.41 Å². The molecule has 2 aliphatic heterocycles. The Hall–Kier alpha value is -1.06. The molecular weight excluding hydrogens is 252 g/mol. The van der Waals surface area contributed by atoms with Crippen molar-refractivity contribution in [3.05, 3.63) is 29.8 Å². The largest absolute Gasteiger partial charge is 0.497 e. The van der Waals surface area contributed by atoms with Gasteiger partial charge in [-0.1, -0.05) is 26.0 Å². The molecule has 2 aliphatic rings. The average Bonchev–Trinajstić information content (AvgIpc) is 3.16. The lowest BCUT2D eigenvalue weighted by Crippen LogP contribution is -2.26. The first kappa shape index (κ1) is 13.9. The van der Waals surface area contributed by atoms with E-state index in [1.807, 2.05) is 12.1 Å². The van der Waals surface area contributed by atoms with Gasteiger partial charge in [-0.15, -0.1) is 0 Å². The maximum atomic E-state index is 6.03. The van der Waals surface area contributed by atoms with Crippen LogP contribution in [-0.4, -0.2) is 25.6 Å². The maximum Gasteiger partial charge on any atom is 0.196 e. The molecule has 110 valence electrons. The summed E-state index contributed by atoms with van der Waals surface area (Å²) in [6.07, 6.45) is 4.52. The number of rotatable bonds is 6. The van der Waals surface area contributed by atoms with Crippen LogP contribution in [0.2, 0.25) is 0 Å². The van der Waals surface area contributed by atoms with Crippen molar-refractivity contribution in [3.63, 3.8) is 0 Å². The molecule has 0 amide bonds. The summed E-state index contributed by atoms with van der Waals surface area (Å²) < 4.78 is 17.2. The van der Waals surface area contributed by atoms with Crippen molar-refractivity contribution < 1.29 is 14.2 Å². The Morgan fingerprint density at radius 3 is 2.40 bits per heavy atom. The van der Waals surface area contributed by atoms with Crippen molar-refractivity contribution in [1.82, 2.24) is 0 Å². The molecule has 0 radical (unpaired) electrons. The summed E-state index contributed by atoms with van der Waals surface area (Å²) in [6, 6.07) is 8.26. The third-order valence-corrected chi connectivity index (χ3v) is 5.15. The summed E-state index contributed by atoms with van der Waals surface area (Å²) in [5.41, 5.74) is 1.56. The van der Waals surface area contributed by atoms with E-state index >= 15 is 0 Å². The summed E-state index contributed by atoms with van der Waals surface area (Å²) in [7, 11) is 1.69. The summed E-state index contributed by atoms with van der Waals surface area (Å²) in [5, 5.41) is 0. The van der Waals surface area contributed by atoms with Gasteiger partial charge in [0.25, 0.3) is 0 Å². The minimum atomic E-state index is -0.286. The second-order valence-electron chi connectivity index (χ2n) is 6.02. The van der Waals surface area contributed by atoms with E-state index < -0.39 is 0 Å². The molecule has 20 heavy (non-hydrogen) atoms. The van der Waals surface area contributed by atoms with E-state index in [1.165, 1.54) is 5.56 Å². The van der Waals surface area contributed by atoms with Crippen LogP contribution in [0.15, 0.2) is 24.3 Å². The molecule has 0 bridgehead atoms. The van der Waals surface area contributed by atoms with Crippen molar-refractivity contribution in [2.45, 2.75) is 51.4 Å². The highest BCUT2D eigenvalue weighted by Gasteiger charge is 2.70. The minimum absolute atomic E-state index is 0.250. The highest BCUT2D eigenvalue weighted by molar-refractivity contribution is 5.27. The van der Waals surface area contributed by atoms with Gasteiger partial charge in [0, 0.05) is 11.8 Å². The standard InChI is InChI=1S/C17H24O3/c1-4-16(5-2)12-19-17(15(16)20-17)11-10-13-6-8-14(18-3)9-7-13/h6-9,15H,4-5,10-12H2,1-3H3/t15-,17-/m0/s1. The maximum absolute atomic E-state index is 6.03. The van der Waals surface area contributed by atoms with Crippen LogP contribution in [0.4, 0.5) is 0 Å². The van der Waals surface area contributed by atoms with Crippen molar-refractivity contribution in [2.75, 3.05) is 13.7 Å². The highest BCUT2D eigenvalue weighted by atomic mass is 16.8. The molecule has 0 aromatic heterocycles. The molecule has 0 N–H and O–H groups in total. The Kier molecular flexibility index (Phi) is 3.51. The van der Waals surface area contributed by atoms with Gasteiger partial charge in [0.2, 0.25) is 0 Å². The smallest absolute Gasteiger partial charge is 0.196 e. The first-order valence-electron chi connectivity index (χ1n) is 7.63. The molecule has 0 aliphatic carbocycles. The zero-order valence-electron chi connectivity index (χ0n) is 12.6. The lowest BCUT2D eigenvalue weighted by atomic mass is 9.79. The van der Waals surface area contributed by atoms with E-state index in [9.17, 15) is 0 Å². The first-order chi connectivity index (χ1) is 9.68. The van der Waals surface area contributed by atoms with E-state index in [0.29, 0.717) is 6.10 Å². The lowest BCUT2D eigenvalue weighted by Gasteiger charge is -2.24. The summed E-state index contributed by atoms with van der Waals surface area (Å²) in [4.78, 5) is 0. The van der Waals surface area contributed by atoms with Gasteiger partial charge < -0.3 is 14.2 Å². The Balaban J connectivity index is 1.60. The van der Waals surface area contributed by atoms with Gasteiger partial charge in [0.1, 0.15) is 11.9 Å². The van der Waals surface area contributed by atoms with E-state index in [1.54, 1.807) is 7.11 Å². The molecule has 2 atom stereocenters. The first-order valence-corrected chi connectivity index (χ1v) is 7.63. The van der Waals surface area contributed by atoms with E-state index in [-0.39, 0.29) is 11.2 Å². The normalized spacial score (nSPS) is 30.1. The molecule has 1 aromatic rings. The zero-order chi connectivity index (χ0) is 14.2. The lowest BCUT2D eigenvalue weighted by molar-refractivity contribution is -0.0758. The van der Waals surface area contributed by atoms with Gasteiger partial charge >= 0.3 is 0 Å². The molecule has 3 heteroatoms. The number of epoxide rings is 1. The third kappa shape index (κ3) is 2.13. The quantitative estimate of drug-likeness (QED) is 0.744. The van der Waals surface area contributed by atoms with Crippen LogP contribution in [0.5, 0.6) is 5.75 Å². The number of fused-ring (bicyclic) bond motifs is 1. The molecule has 2 saturated heterocycles. The van der Waals surface area contributed by atoms with Gasteiger partial charge in [-0.25, -0.2) is 0 Å². The van der Waals surface area contributed by atoms with E-state index in [0.717, 1.165) is 38.0 Å². The van der Waals surface area contributed by atoms with Crippen LogP contribution in [0.1, 0.15) is 38.7 Å². The Labute approximate surface area is 121 Å². The Morgan fingerprint density at radius 1 is 1.20 bits per heavy atom. The summed E-state index contributed by atoms with van der Waals surface area (Å²) >= 11 is 0. The van der Waals surface area contributed by atoms with Crippen LogP contribution in [0.25, 0.3) is 0 Å². The number of aryl methyl sites for hydroxylation is 1.